The van der Waals surface area contributed by atoms with Gasteiger partial charge in [-0.25, -0.2) is 4.98 Å². The summed E-state index contributed by atoms with van der Waals surface area (Å²) in [6, 6.07) is 0. The van der Waals surface area contributed by atoms with E-state index in [1.807, 2.05) is 0 Å². The average Bonchev–Trinajstić information content (AvgIpc) is 3.06. The lowest BCUT2D eigenvalue weighted by molar-refractivity contribution is 0.328. The van der Waals surface area contributed by atoms with Gasteiger partial charge in [-0.15, -0.1) is 0 Å². The van der Waals surface area contributed by atoms with E-state index >= 15 is 0 Å². The monoisotopic (exact) mass is 332 g/mol. The Hall–Kier alpha value is -0.790. The van der Waals surface area contributed by atoms with Gasteiger partial charge in [0.15, 0.2) is 0 Å². The molecular weight excluding hydrogens is 292 g/mol. The SMILES string of the molecule is CCCCCCCc1cnc(CCCCCCC2CCCCC2)[nH]1. The minimum Gasteiger partial charge on any atom is -0.346 e. The van der Waals surface area contributed by atoms with E-state index in [2.05, 4.69) is 23.1 Å². The van der Waals surface area contributed by atoms with E-state index in [0.717, 1.165) is 12.3 Å². The molecular formula is C22H40N2. The van der Waals surface area contributed by atoms with Gasteiger partial charge in [0, 0.05) is 18.3 Å². The van der Waals surface area contributed by atoms with Gasteiger partial charge in [0.25, 0.3) is 0 Å². The maximum absolute atomic E-state index is 4.57. The summed E-state index contributed by atoms with van der Waals surface area (Å²) in [7, 11) is 0. The number of hydrogen-bond acceptors (Lipinski definition) is 1. The van der Waals surface area contributed by atoms with Crippen molar-refractivity contribution in [3.05, 3.63) is 17.7 Å². The first-order chi connectivity index (χ1) is 11.9. The van der Waals surface area contributed by atoms with E-state index in [9.17, 15) is 0 Å². The van der Waals surface area contributed by atoms with Gasteiger partial charge in [0.1, 0.15) is 5.82 Å². The quantitative estimate of drug-likeness (QED) is 0.387. The second kappa shape index (κ2) is 12.6. The number of rotatable bonds is 13. The first-order valence-corrected chi connectivity index (χ1v) is 10.9. The molecule has 1 aliphatic rings. The van der Waals surface area contributed by atoms with E-state index in [0.29, 0.717) is 0 Å². The Labute approximate surface area is 150 Å². The van der Waals surface area contributed by atoms with Gasteiger partial charge in [-0.05, 0) is 25.2 Å². The van der Waals surface area contributed by atoms with Gasteiger partial charge >= 0.3 is 0 Å². The molecule has 0 unspecified atom stereocenters. The summed E-state index contributed by atoms with van der Waals surface area (Å²) in [5, 5.41) is 0. The normalized spacial score (nSPS) is 15.9. The number of imidazole rings is 1. The summed E-state index contributed by atoms with van der Waals surface area (Å²) < 4.78 is 0. The largest absolute Gasteiger partial charge is 0.346 e. The highest BCUT2D eigenvalue weighted by atomic mass is 14.9. The Morgan fingerprint density at radius 3 is 2.38 bits per heavy atom. The number of aryl methyl sites for hydroxylation is 2. The van der Waals surface area contributed by atoms with Crippen LogP contribution in [0.2, 0.25) is 0 Å². The zero-order valence-corrected chi connectivity index (χ0v) is 16.1. The molecule has 0 radical (unpaired) electrons. The van der Waals surface area contributed by atoms with Crippen LogP contribution >= 0.6 is 0 Å². The van der Waals surface area contributed by atoms with Crippen molar-refractivity contribution in [2.45, 2.75) is 116 Å². The lowest BCUT2D eigenvalue weighted by atomic mass is 9.85. The maximum Gasteiger partial charge on any atom is 0.106 e. The highest BCUT2D eigenvalue weighted by Gasteiger charge is 2.12. The van der Waals surface area contributed by atoms with Gasteiger partial charge in [-0.1, -0.05) is 90.4 Å². The molecule has 2 heteroatoms. The Balaban J connectivity index is 1.45. The van der Waals surface area contributed by atoms with Crippen LogP contribution in [0.25, 0.3) is 0 Å². The zero-order chi connectivity index (χ0) is 16.9. The lowest BCUT2D eigenvalue weighted by Crippen LogP contribution is -2.05. The van der Waals surface area contributed by atoms with E-state index < -0.39 is 0 Å². The summed E-state index contributed by atoms with van der Waals surface area (Å²) >= 11 is 0. The van der Waals surface area contributed by atoms with Crippen molar-refractivity contribution in [1.29, 1.82) is 0 Å². The van der Waals surface area contributed by atoms with Crippen molar-refractivity contribution in [3.8, 4) is 0 Å². The molecule has 24 heavy (non-hydrogen) atoms. The topological polar surface area (TPSA) is 28.7 Å². The third-order valence-corrected chi connectivity index (χ3v) is 5.73. The Bertz CT molecular complexity index is 404. The van der Waals surface area contributed by atoms with Crippen LogP contribution in [0.4, 0.5) is 0 Å². The fourth-order valence-corrected chi connectivity index (χ4v) is 4.13. The van der Waals surface area contributed by atoms with Crippen LogP contribution in [0.5, 0.6) is 0 Å². The van der Waals surface area contributed by atoms with Crippen molar-refractivity contribution in [1.82, 2.24) is 9.97 Å². The fraction of sp³-hybridized carbons (Fsp3) is 0.864. The van der Waals surface area contributed by atoms with Gasteiger partial charge < -0.3 is 4.98 Å². The molecule has 0 aromatic carbocycles. The third-order valence-electron chi connectivity index (χ3n) is 5.73. The summed E-state index contributed by atoms with van der Waals surface area (Å²) in [4.78, 5) is 8.10. The van der Waals surface area contributed by atoms with E-state index in [4.69, 9.17) is 0 Å². The molecule has 1 aromatic heterocycles. The van der Waals surface area contributed by atoms with E-state index in [1.165, 1.54) is 114 Å². The van der Waals surface area contributed by atoms with E-state index in [-0.39, 0.29) is 0 Å². The molecule has 2 rings (SSSR count). The number of H-pyrrole nitrogens is 1. The molecule has 1 fully saturated rings. The summed E-state index contributed by atoms with van der Waals surface area (Å²) in [5.74, 6) is 2.27. The number of hydrogen-bond donors (Lipinski definition) is 1. The van der Waals surface area contributed by atoms with Crippen LogP contribution < -0.4 is 0 Å². The number of aromatic nitrogens is 2. The minimum absolute atomic E-state index is 1.06. The van der Waals surface area contributed by atoms with Gasteiger partial charge in [-0.3, -0.25) is 0 Å². The molecule has 0 bridgehead atoms. The van der Waals surface area contributed by atoms with Crippen molar-refractivity contribution in [2.75, 3.05) is 0 Å². The molecule has 1 saturated carbocycles. The summed E-state index contributed by atoms with van der Waals surface area (Å²) in [6.07, 6.45) is 25.7. The van der Waals surface area contributed by atoms with Crippen LogP contribution in [0.15, 0.2) is 6.20 Å². The number of nitrogens with zero attached hydrogens (tertiary/aromatic N) is 1. The lowest BCUT2D eigenvalue weighted by Gasteiger charge is -2.21. The van der Waals surface area contributed by atoms with Gasteiger partial charge in [0.2, 0.25) is 0 Å². The van der Waals surface area contributed by atoms with E-state index in [1.54, 1.807) is 0 Å². The number of unbranched alkanes of at least 4 members (excludes halogenated alkanes) is 7. The molecule has 1 N–H and O–H groups in total. The predicted octanol–water partition coefficient (Wildman–Crippen LogP) is 7.00. The van der Waals surface area contributed by atoms with Gasteiger partial charge in [0.05, 0.1) is 0 Å². The second-order valence-corrected chi connectivity index (χ2v) is 7.98. The molecule has 2 nitrogen and oxygen atoms in total. The number of aromatic amines is 1. The Morgan fingerprint density at radius 2 is 1.58 bits per heavy atom. The Kier molecular flexibility index (Phi) is 10.2. The first-order valence-electron chi connectivity index (χ1n) is 10.9. The molecule has 1 heterocycles. The molecule has 0 saturated heterocycles. The summed E-state index contributed by atoms with van der Waals surface area (Å²) in [6.45, 7) is 2.27. The average molecular weight is 333 g/mol. The van der Waals surface area contributed by atoms with Gasteiger partial charge in [-0.2, -0.15) is 0 Å². The van der Waals surface area contributed by atoms with Crippen molar-refractivity contribution in [2.24, 2.45) is 5.92 Å². The van der Waals surface area contributed by atoms with Crippen molar-refractivity contribution < 1.29 is 0 Å². The van der Waals surface area contributed by atoms with Crippen LogP contribution in [0.3, 0.4) is 0 Å². The standard InChI is InChI=1S/C22H40N2/c1-2-3-4-5-12-17-21-19-23-22(24-21)18-13-7-6-9-14-20-15-10-8-11-16-20/h19-20H,2-18H2,1H3,(H,23,24). The molecule has 1 aliphatic carbocycles. The molecule has 1 aromatic rings. The minimum atomic E-state index is 1.06. The van der Waals surface area contributed by atoms with Crippen molar-refractivity contribution >= 4 is 0 Å². The highest BCUT2D eigenvalue weighted by Crippen LogP contribution is 2.28. The molecule has 0 aliphatic heterocycles. The van der Waals surface area contributed by atoms with Crippen LogP contribution in [0.1, 0.15) is 115 Å². The fourth-order valence-electron chi connectivity index (χ4n) is 4.13. The van der Waals surface area contributed by atoms with Crippen LogP contribution in [0, 0.1) is 5.92 Å². The van der Waals surface area contributed by atoms with Crippen LogP contribution in [-0.2, 0) is 12.8 Å². The first kappa shape index (κ1) is 19.5. The smallest absolute Gasteiger partial charge is 0.106 e. The summed E-state index contributed by atoms with van der Waals surface area (Å²) in [5.41, 5.74) is 1.35. The molecule has 0 spiro atoms. The highest BCUT2D eigenvalue weighted by molar-refractivity contribution is 5.01. The Morgan fingerprint density at radius 1 is 0.875 bits per heavy atom. The molecule has 0 atom stereocenters. The number of nitrogens with one attached hydrogen (secondary N) is 1. The molecule has 0 amide bonds. The van der Waals surface area contributed by atoms with Crippen molar-refractivity contribution in [3.63, 3.8) is 0 Å². The molecule has 138 valence electrons. The maximum atomic E-state index is 4.57. The van der Waals surface area contributed by atoms with Crippen LogP contribution in [-0.4, -0.2) is 9.97 Å². The zero-order valence-electron chi connectivity index (χ0n) is 16.1. The third kappa shape index (κ3) is 8.35. The predicted molar refractivity (Wildman–Crippen MR) is 104 cm³/mol. The second-order valence-electron chi connectivity index (χ2n) is 7.98.